The number of aromatic amines is 1. The smallest absolute Gasteiger partial charge is 0.411 e. The van der Waals surface area contributed by atoms with Gasteiger partial charge < -0.3 is 19.2 Å². The minimum Gasteiger partial charge on any atom is -0.464 e. The Hall–Kier alpha value is -4.47. The number of nitrogens with one attached hydrogen (secondary N) is 1. The summed E-state index contributed by atoms with van der Waals surface area (Å²) in [4.78, 5) is 60.3. The molecule has 0 saturated carbocycles. The average molecular weight is 504 g/mol. The predicted octanol–water partition coefficient (Wildman–Crippen LogP) is 3.57. The maximum atomic E-state index is 13.2. The summed E-state index contributed by atoms with van der Waals surface area (Å²) < 4.78 is 15.7. The van der Waals surface area contributed by atoms with Gasteiger partial charge in [-0.3, -0.25) is 9.69 Å². The minimum absolute atomic E-state index is 0.0780. The summed E-state index contributed by atoms with van der Waals surface area (Å²) in [5, 5.41) is 0. The van der Waals surface area contributed by atoms with E-state index >= 15 is 0 Å². The van der Waals surface area contributed by atoms with Crippen molar-refractivity contribution in [2.75, 3.05) is 7.11 Å². The van der Waals surface area contributed by atoms with E-state index in [0.717, 1.165) is 12.7 Å². The van der Waals surface area contributed by atoms with Crippen molar-refractivity contribution in [1.29, 1.82) is 0 Å². The van der Waals surface area contributed by atoms with Crippen LogP contribution in [0.5, 0.6) is 5.75 Å². The molecule has 10 nitrogen and oxygen atoms in total. The van der Waals surface area contributed by atoms with Gasteiger partial charge in [0.15, 0.2) is 5.69 Å². The van der Waals surface area contributed by atoms with Gasteiger partial charge in [-0.25, -0.2) is 19.4 Å². The van der Waals surface area contributed by atoms with Crippen LogP contribution in [0.1, 0.15) is 57.9 Å². The van der Waals surface area contributed by atoms with Crippen molar-refractivity contribution in [3.05, 3.63) is 93.7 Å². The van der Waals surface area contributed by atoms with E-state index in [4.69, 9.17) is 14.2 Å². The van der Waals surface area contributed by atoms with Gasteiger partial charge in [0.05, 0.1) is 12.7 Å². The molecule has 1 aromatic heterocycles. The van der Waals surface area contributed by atoms with E-state index in [0.29, 0.717) is 25.7 Å². The number of hydrogen-bond donors (Lipinski definition) is 1. The zero-order valence-electron chi connectivity index (χ0n) is 20.1. The molecule has 2 saturated heterocycles. The van der Waals surface area contributed by atoms with Crippen molar-refractivity contribution in [2.24, 2.45) is 0 Å². The van der Waals surface area contributed by atoms with Gasteiger partial charge in [-0.2, -0.15) is 0 Å². The highest BCUT2D eigenvalue weighted by atomic mass is 16.6. The number of methoxy groups -OCH3 is 1. The standard InChI is InChI=1S/C27H25N3O7/c1-35-24(33)20-21(37-23(32)18-10-6-3-7-11-18)22(31)29-25(28-20)27-14-12-19(13-15-27)30(27)26(34)36-16-17-8-4-2-5-9-17/h2-11,19H,12-16H2,1H3,(H,28,29,31). The fourth-order valence-electron chi connectivity index (χ4n) is 5.13. The highest BCUT2D eigenvalue weighted by Crippen LogP contribution is 2.52. The van der Waals surface area contributed by atoms with Crippen LogP contribution in [-0.2, 0) is 21.6 Å². The Morgan fingerprint density at radius 2 is 1.65 bits per heavy atom. The van der Waals surface area contributed by atoms with E-state index < -0.39 is 40.6 Å². The summed E-state index contributed by atoms with van der Waals surface area (Å²) in [6.45, 7) is 0.102. The van der Waals surface area contributed by atoms with Gasteiger partial charge in [0, 0.05) is 6.04 Å². The first-order chi connectivity index (χ1) is 17.9. The number of benzene rings is 2. The van der Waals surface area contributed by atoms with Gasteiger partial charge in [0.2, 0.25) is 5.75 Å². The molecule has 2 aliphatic rings. The van der Waals surface area contributed by atoms with Crippen LogP contribution in [0.3, 0.4) is 0 Å². The lowest BCUT2D eigenvalue weighted by Crippen LogP contribution is -2.45. The first-order valence-corrected chi connectivity index (χ1v) is 11.9. The minimum atomic E-state index is -0.956. The van der Waals surface area contributed by atoms with Crippen molar-refractivity contribution in [1.82, 2.24) is 14.9 Å². The molecule has 2 bridgehead atoms. The van der Waals surface area contributed by atoms with Gasteiger partial charge in [-0.15, -0.1) is 0 Å². The monoisotopic (exact) mass is 503 g/mol. The van der Waals surface area contributed by atoms with Crippen LogP contribution in [0.15, 0.2) is 65.5 Å². The van der Waals surface area contributed by atoms with Crippen molar-refractivity contribution in [3.8, 4) is 5.75 Å². The van der Waals surface area contributed by atoms with Crippen molar-refractivity contribution in [2.45, 2.75) is 43.9 Å². The van der Waals surface area contributed by atoms with Crippen LogP contribution < -0.4 is 10.3 Å². The SMILES string of the molecule is COC(=O)c1nc(C23CCC(CC2)N3C(=O)OCc2ccccc2)[nH]c(=O)c1OC(=O)c1ccccc1. The number of carbonyl (C=O) groups is 3. The molecule has 0 aliphatic carbocycles. The maximum Gasteiger partial charge on any atom is 0.411 e. The van der Waals surface area contributed by atoms with Gasteiger partial charge in [0.1, 0.15) is 18.0 Å². The second kappa shape index (κ2) is 9.88. The zero-order valence-corrected chi connectivity index (χ0v) is 20.1. The lowest BCUT2D eigenvalue weighted by atomic mass is 9.87. The van der Waals surface area contributed by atoms with Gasteiger partial charge >= 0.3 is 18.0 Å². The van der Waals surface area contributed by atoms with Crippen molar-refractivity contribution < 1.29 is 28.6 Å². The first kappa shape index (κ1) is 24.2. The largest absolute Gasteiger partial charge is 0.464 e. The third-order valence-electron chi connectivity index (χ3n) is 6.91. The van der Waals surface area contributed by atoms with Crippen molar-refractivity contribution in [3.63, 3.8) is 0 Å². The lowest BCUT2D eigenvalue weighted by Gasteiger charge is -2.33. The van der Waals surface area contributed by atoms with E-state index in [1.807, 2.05) is 30.3 Å². The van der Waals surface area contributed by atoms with Crippen LogP contribution in [0.25, 0.3) is 0 Å². The van der Waals surface area contributed by atoms with Crippen LogP contribution in [0.2, 0.25) is 0 Å². The number of aromatic nitrogens is 2. The molecule has 190 valence electrons. The molecule has 5 rings (SSSR count). The third-order valence-corrected chi connectivity index (χ3v) is 6.91. The third kappa shape index (κ3) is 4.46. The molecule has 10 heteroatoms. The summed E-state index contributed by atoms with van der Waals surface area (Å²) in [6.07, 6.45) is 1.94. The van der Waals surface area contributed by atoms with E-state index in [9.17, 15) is 19.2 Å². The van der Waals surface area contributed by atoms with Crippen LogP contribution in [0, 0.1) is 0 Å². The highest BCUT2D eigenvalue weighted by Gasteiger charge is 2.57. The topological polar surface area (TPSA) is 128 Å². The molecule has 2 aliphatic heterocycles. The van der Waals surface area contributed by atoms with E-state index in [2.05, 4.69) is 9.97 Å². The Balaban J connectivity index is 1.47. The van der Waals surface area contributed by atoms with E-state index in [-0.39, 0.29) is 24.0 Å². The molecule has 2 aromatic carbocycles. The number of nitrogens with zero attached hydrogens (tertiary/aromatic N) is 2. The summed E-state index contributed by atoms with van der Waals surface area (Å²) in [5.74, 6) is -2.19. The molecule has 0 unspecified atom stereocenters. The fourth-order valence-corrected chi connectivity index (χ4v) is 5.13. The Morgan fingerprint density at radius 3 is 2.30 bits per heavy atom. The number of H-pyrrole nitrogens is 1. The fraction of sp³-hybridized carbons (Fsp3) is 0.296. The predicted molar refractivity (Wildman–Crippen MR) is 130 cm³/mol. The van der Waals surface area contributed by atoms with Gasteiger partial charge in [-0.05, 0) is 43.4 Å². The zero-order chi connectivity index (χ0) is 26.0. The number of esters is 2. The number of carbonyl (C=O) groups excluding carboxylic acids is 3. The average Bonchev–Trinajstić information content (AvgIpc) is 3.50. The maximum absolute atomic E-state index is 13.2. The molecular weight excluding hydrogens is 478 g/mol. The first-order valence-electron chi connectivity index (χ1n) is 11.9. The van der Waals surface area contributed by atoms with Crippen LogP contribution in [-0.4, -0.2) is 46.1 Å². The highest BCUT2D eigenvalue weighted by molar-refractivity contribution is 5.94. The molecule has 1 N–H and O–H groups in total. The van der Waals surface area contributed by atoms with E-state index in [1.165, 1.54) is 12.1 Å². The lowest BCUT2D eigenvalue weighted by molar-refractivity contribution is 0.0578. The Labute approximate surface area is 212 Å². The normalized spacial score (nSPS) is 19.9. The van der Waals surface area contributed by atoms with Gasteiger partial charge in [-0.1, -0.05) is 48.5 Å². The van der Waals surface area contributed by atoms with Gasteiger partial charge in [0.25, 0.3) is 5.56 Å². The van der Waals surface area contributed by atoms with E-state index in [1.54, 1.807) is 23.1 Å². The molecule has 3 heterocycles. The Kier molecular flexibility index (Phi) is 6.47. The second-order valence-corrected chi connectivity index (χ2v) is 9.01. The number of rotatable bonds is 6. The summed E-state index contributed by atoms with van der Waals surface area (Å²) in [7, 11) is 1.14. The number of amides is 1. The summed E-state index contributed by atoms with van der Waals surface area (Å²) in [5.41, 5.74) is -1.17. The summed E-state index contributed by atoms with van der Waals surface area (Å²) >= 11 is 0. The Bertz CT molecular complexity index is 1380. The van der Waals surface area contributed by atoms with Crippen LogP contribution >= 0.6 is 0 Å². The molecular formula is C27H25N3O7. The molecule has 2 fully saturated rings. The molecule has 0 radical (unpaired) electrons. The molecule has 0 spiro atoms. The molecule has 0 atom stereocenters. The molecule has 37 heavy (non-hydrogen) atoms. The number of fused-ring (bicyclic) bond motifs is 2. The number of ether oxygens (including phenoxy) is 3. The number of hydrogen-bond acceptors (Lipinski definition) is 8. The molecule has 3 aromatic rings. The quantitative estimate of drug-likeness (QED) is 0.506. The van der Waals surface area contributed by atoms with Crippen LogP contribution in [0.4, 0.5) is 4.79 Å². The molecule has 1 amide bonds. The summed E-state index contributed by atoms with van der Waals surface area (Å²) in [6, 6.07) is 17.3. The second-order valence-electron chi connectivity index (χ2n) is 9.01. The van der Waals surface area contributed by atoms with Crippen molar-refractivity contribution >= 4 is 18.0 Å². The Morgan fingerprint density at radius 1 is 1.00 bits per heavy atom.